The molecular weight excluding hydrogens is 286 g/mol. The van der Waals surface area contributed by atoms with Gasteiger partial charge in [0.05, 0.1) is 13.7 Å². The first kappa shape index (κ1) is 15.2. The maximum absolute atomic E-state index is 12.8. The highest BCUT2D eigenvalue weighted by molar-refractivity contribution is 5.75. The van der Waals surface area contributed by atoms with Crippen LogP contribution >= 0.6 is 0 Å². The number of esters is 1. The number of hydrogen-bond acceptors (Lipinski definition) is 5. The third-order valence-corrected chi connectivity index (χ3v) is 3.94. The quantitative estimate of drug-likeness (QED) is 0.477. The number of hydrogen-bond donors (Lipinski definition) is 0. The number of quaternary nitrogens is 1. The third-order valence-electron chi connectivity index (χ3n) is 3.94. The van der Waals surface area contributed by atoms with Gasteiger partial charge in [0.15, 0.2) is 6.10 Å². The van der Waals surface area contributed by atoms with Crippen LogP contribution in [-0.2, 0) is 19.0 Å². The fraction of sp³-hybridized carbons (Fsp3) is 0.438. The van der Waals surface area contributed by atoms with Gasteiger partial charge in [0.1, 0.15) is 19.2 Å². The zero-order valence-corrected chi connectivity index (χ0v) is 12.4. The van der Waals surface area contributed by atoms with Crippen molar-refractivity contribution in [3.05, 3.63) is 47.2 Å². The van der Waals surface area contributed by atoms with E-state index in [1.807, 2.05) is 42.5 Å². The lowest BCUT2D eigenvalue weighted by molar-refractivity contribution is -0.890. The molecule has 2 saturated heterocycles. The van der Waals surface area contributed by atoms with Crippen LogP contribution in [-0.4, -0.2) is 55.9 Å². The SMILES string of the molecule is COC(=O)[C@@H]1O[C@H]2C[N+]([O-])(C/C=C/c3ccccc3)C[C@@H]1O2. The van der Waals surface area contributed by atoms with E-state index in [2.05, 4.69) is 4.74 Å². The molecule has 1 aromatic carbocycles. The van der Waals surface area contributed by atoms with Crippen molar-refractivity contribution >= 4 is 12.0 Å². The number of benzene rings is 1. The van der Waals surface area contributed by atoms with Crippen molar-refractivity contribution in [3.63, 3.8) is 0 Å². The molecule has 0 amide bonds. The highest BCUT2D eigenvalue weighted by atomic mass is 16.8. The number of ether oxygens (including phenoxy) is 3. The number of nitrogens with zero attached hydrogens (tertiary/aromatic N) is 1. The summed E-state index contributed by atoms with van der Waals surface area (Å²) in [5, 5.41) is 12.8. The minimum absolute atomic E-state index is 0.184. The predicted molar refractivity (Wildman–Crippen MR) is 79.3 cm³/mol. The van der Waals surface area contributed by atoms with E-state index >= 15 is 0 Å². The van der Waals surface area contributed by atoms with Gasteiger partial charge in [0.2, 0.25) is 6.29 Å². The number of hydroxylamine groups is 3. The Morgan fingerprint density at radius 2 is 2.14 bits per heavy atom. The Kier molecular flexibility index (Phi) is 4.26. The first-order valence-electron chi connectivity index (χ1n) is 7.27. The number of carbonyl (C=O) groups is 1. The lowest BCUT2D eigenvalue weighted by Gasteiger charge is -2.46. The Balaban J connectivity index is 1.63. The molecule has 4 atom stereocenters. The van der Waals surface area contributed by atoms with Crippen molar-refractivity contribution in [1.82, 2.24) is 0 Å². The van der Waals surface area contributed by atoms with Crippen LogP contribution in [0.2, 0.25) is 0 Å². The summed E-state index contributed by atoms with van der Waals surface area (Å²) in [5.74, 6) is -0.485. The maximum atomic E-state index is 12.8. The van der Waals surface area contributed by atoms with Crippen LogP contribution in [0.4, 0.5) is 0 Å². The molecule has 1 aromatic rings. The Hall–Kier alpha value is -1.73. The topological polar surface area (TPSA) is 67.8 Å². The molecule has 1 unspecified atom stereocenters. The highest BCUT2D eigenvalue weighted by Gasteiger charge is 2.50. The Labute approximate surface area is 129 Å². The molecule has 2 bridgehead atoms. The highest BCUT2D eigenvalue weighted by Crippen LogP contribution is 2.30. The van der Waals surface area contributed by atoms with Crippen LogP contribution < -0.4 is 0 Å². The molecule has 2 aliphatic rings. The zero-order valence-electron chi connectivity index (χ0n) is 12.4. The second kappa shape index (κ2) is 6.18. The summed E-state index contributed by atoms with van der Waals surface area (Å²) in [5.41, 5.74) is 1.05. The third kappa shape index (κ3) is 3.20. The summed E-state index contributed by atoms with van der Waals surface area (Å²) in [6.45, 7) is 0.695. The number of fused-ring (bicyclic) bond motifs is 2. The second-order valence-electron chi connectivity index (χ2n) is 5.60. The van der Waals surface area contributed by atoms with Gasteiger partial charge in [0, 0.05) is 0 Å². The summed E-state index contributed by atoms with van der Waals surface area (Å²) < 4.78 is 15.2. The average molecular weight is 305 g/mol. The van der Waals surface area contributed by atoms with E-state index in [0.717, 1.165) is 5.56 Å². The summed E-state index contributed by atoms with van der Waals surface area (Å²) in [6, 6.07) is 9.80. The van der Waals surface area contributed by atoms with Crippen molar-refractivity contribution in [3.8, 4) is 0 Å². The minimum Gasteiger partial charge on any atom is -0.632 e. The summed E-state index contributed by atoms with van der Waals surface area (Å²) in [7, 11) is 1.30. The van der Waals surface area contributed by atoms with E-state index in [4.69, 9.17) is 9.47 Å². The standard InChI is InChI=1S/C16H19NO5/c1-20-16(18)15-13-10-17(19,11-14(21-13)22-15)9-5-8-12-6-3-2-4-7-12/h2-8,13-15H,9-11H2,1H3/b8-5+/t13-,14-,15+,17?/m0/s1. The molecule has 3 rings (SSSR count). The molecule has 6 nitrogen and oxygen atoms in total. The lowest BCUT2D eigenvalue weighted by atomic mass is 10.1. The van der Waals surface area contributed by atoms with Gasteiger partial charge in [-0.1, -0.05) is 36.4 Å². The number of rotatable bonds is 4. The molecule has 6 heteroatoms. The van der Waals surface area contributed by atoms with E-state index in [1.165, 1.54) is 7.11 Å². The summed E-state index contributed by atoms with van der Waals surface area (Å²) in [4.78, 5) is 11.6. The molecule has 22 heavy (non-hydrogen) atoms. The predicted octanol–water partition coefficient (Wildman–Crippen LogP) is 1.31. The minimum atomic E-state index is -0.790. The molecule has 0 spiro atoms. The van der Waals surface area contributed by atoms with Crippen molar-refractivity contribution in [2.45, 2.75) is 18.5 Å². The maximum Gasteiger partial charge on any atom is 0.338 e. The Morgan fingerprint density at radius 3 is 2.86 bits per heavy atom. The summed E-state index contributed by atoms with van der Waals surface area (Å²) >= 11 is 0. The molecule has 0 radical (unpaired) electrons. The largest absolute Gasteiger partial charge is 0.632 e. The lowest BCUT2D eigenvalue weighted by Crippen LogP contribution is -2.55. The van der Waals surface area contributed by atoms with Gasteiger partial charge in [0.25, 0.3) is 0 Å². The molecule has 118 valence electrons. The van der Waals surface area contributed by atoms with Gasteiger partial charge in [-0.2, -0.15) is 0 Å². The molecule has 0 N–H and O–H groups in total. The van der Waals surface area contributed by atoms with E-state index in [0.29, 0.717) is 6.54 Å². The first-order chi connectivity index (χ1) is 10.6. The van der Waals surface area contributed by atoms with E-state index in [-0.39, 0.29) is 13.1 Å². The van der Waals surface area contributed by atoms with E-state index < -0.39 is 29.1 Å². The van der Waals surface area contributed by atoms with Gasteiger partial charge >= 0.3 is 5.97 Å². The number of methoxy groups -OCH3 is 1. The Bertz CT molecular complexity index is 561. The summed E-state index contributed by atoms with van der Waals surface area (Å²) in [6.07, 6.45) is 1.83. The van der Waals surface area contributed by atoms with Gasteiger partial charge in [-0.05, 0) is 11.6 Å². The van der Waals surface area contributed by atoms with Crippen LogP contribution in [0.3, 0.4) is 0 Å². The fourth-order valence-electron chi connectivity index (χ4n) is 2.87. The van der Waals surface area contributed by atoms with Crippen molar-refractivity contribution in [1.29, 1.82) is 0 Å². The second-order valence-corrected chi connectivity index (χ2v) is 5.60. The van der Waals surface area contributed by atoms with Gasteiger partial charge in [-0.25, -0.2) is 4.79 Å². The smallest absolute Gasteiger partial charge is 0.338 e. The van der Waals surface area contributed by atoms with Crippen LogP contribution in [0.5, 0.6) is 0 Å². The zero-order chi connectivity index (χ0) is 15.6. The van der Waals surface area contributed by atoms with Gasteiger partial charge in [-0.3, -0.25) is 0 Å². The van der Waals surface area contributed by atoms with Crippen molar-refractivity contribution < 1.29 is 23.7 Å². The average Bonchev–Trinajstić information content (AvgIpc) is 2.83. The van der Waals surface area contributed by atoms with E-state index in [1.54, 1.807) is 0 Å². The molecular formula is C16H19NO5. The van der Waals surface area contributed by atoms with Gasteiger partial charge < -0.3 is 24.1 Å². The molecule has 2 heterocycles. The first-order valence-corrected chi connectivity index (χ1v) is 7.27. The molecule has 0 saturated carbocycles. The fourth-order valence-corrected chi connectivity index (χ4v) is 2.87. The monoisotopic (exact) mass is 305 g/mol. The van der Waals surface area contributed by atoms with Crippen molar-refractivity contribution in [2.24, 2.45) is 0 Å². The van der Waals surface area contributed by atoms with E-state index in [9.17, 15) is 10.0 Å². The number of carbonyl (C=O) groups excluding carboxylic acids is 1. The molecule has 0 aromatic heterocycles. The number of morpholine rings is 1. The molecule has 2 aliphatic heterocycles. The van der Waals surface area contributed by atoms with Gasteiger partial charge in [-0.15, -0.1) is 0 Å². The van der Waals surface area contributed by atoms with Crippen molar-refractivity contribution in [2.75, 3.05) is 26.7 Å². The van der Waals surface area contributed by atoms with Crippen LogP contribution in [0.25, 0.3) is 6.08 Å². The molecule has 2 fully saturated rings. The van der Waals surface area contributed by atoms with Crippen LogP contribution in [0.15, 0.2) is 36.4 Å². The van der Waals surface area contributed by atoms with Crippen LogP contribution in [0, 0.1) is 5.21 Å². The molecule has 0 aliphatic carbocycles. The normalized spacial score (nSPS) is 34.0. The Morgan fingerprint density at radius 1 is 1.36 bits per heavy atom. The van der Waals surface area contributed by atoms with Crippen LogP contribution in [0.1, 0.15) is 5.56 Å².